The molecule has 0 atom stereocenters. The van der Waals surface area contributed by atoms with Gasteiger partial charge >= 0.3 is 5.97 Å². The third kappa shape index (κ3) is 4.79. The van der Waals surface area contributed by atoms with E-state index in [0.717, 1.165) is 4.31 Å². The smallest absolute Gasteiger partial charge is 0.309 e. The number of benzene rings is 1. The van der Waals surface area contributed by atoms with E-state index in [1.165, 1.54) is 33.2 Å². The van der Waals surface area contributed by atoms with Gasteiger partial charge in [0.25, 0.3) is 0 Å². The summed E-state index contributed by atoms with van der Waals surface area (Å²) < 4.78 is 30.8. The normalized spacial score (nSPS) is 16.1. The Morgan fingerprint density at radius 1 is 1.24 bits per heavy atom. The van der Waals surface area contributed by atoms with E-state index in [-0.39, 0.29) is 29.3 Å². The Labute approximate surface area is 148 Å². The van der Waals surface area contributed by atoms with Crippen molar-refractivity contribution in [3.05, 3.63) is 29.8 Å². The summed E-state index contributed by atoms with van der Waals surface area (Å²) in [4.78, 5) is 25.4. The molecule has 1 amide bonds. The van der Waals surface area contributed by atoms with Gasteiger partial charge in [0.1, 0.15) is 6.61 Å². The second-order valence-corrected chi connectivity index (χ2v) is 8.47. The lowest BCUT2D eigenvalue weighted by atomic mass is 9.97. The predicted molar refractivity (Wildman–Crippen MR) is 92.1 cm³/mol. The van der Waals surface area contributed by atoms with Crippen molar-refractivity contribution < 1.29 is 22.7 Å². The van der Waals surface area contributed by atoms with Gasteiger partial charge in [-0.1, -0.05) is 12.1 Å². The van der Waals surface area contributed by atoms with E-state index in [0.29, 0.717) is 31.5 Å². The number of amides is 1. The van der Waals surface area contributed by atoms with Crippen molar-refractivity contribution >= 4 is 21.9 Å². The topological polar surface area (TPSA) is 84.0 Å². The van der Waals surface area contributed by atoms with E-state index in [4.69, 9.17) is 4.74 Å². The number of carbonyl (C=O) groups is 2. The molecule has 1 heterocycles. The van der Waals surface area contributed by atoms with Crippen LogP contribution in [0.4, 0.5) is 0 Å². The second-order valence-electron chi connectivity index (χ2n) is 6.32. The number of nitrogens with zero attached hydrogens (tertiary/aromatic N) is 2. The van der Waals surface area contributed by atoms with Crippen LogP contribution in [0.3, 0.4) is 0 Å². The molecule has 1 aromatic rings. The highest BCUT2D eigenvalue weighted by molar-refractivity contribution is 7.89. The lowest BCUT2D eigenvalue weighted by Gasteiger charge is -2.30. The number of hydrogen-bond acceptors (Lipinski definition) is 5. The van der Waals surface area contributed by atoms with Gasteiger partial charge in [0.2, 0.25) is 15.9 Å². The predicted octanol–water partition coefficient (Wildman–Crippen LogP) is 1.24. The van der Waals surface area contributed by atoms with E-state index in [2.05, 4.69) is 0 Å². The summed E-state index contributed by atoms with van der Waals surface area (Å²) in [5, 5.41) is 0. The molecule has 25 heavy (non-hydrogen) atoms. The van der Waals surface area contributed by atoms with Crippen molar-refractivity contribution in [1.82, 2.24) is 9.21 Å². The maximum atomic E-state index is 12.2. The van der Waals surface area contributed by atoms with Crippen molar-refractivity contribution in [3.63, 3.8) is 0 Å². The highest BCUT2D eigenvalue weighted by Crippen LogP contribution is 2.20. The van der Waals surface area contributed by atoms with E-state index in [9.17, 15) is 18.0 Å². The van der Waals surface area contributed by atoms with Crippen LogP contribution in [-0.4, -0.2) is 56.7 Å². The van der Waals surface area contributed by atoms with Crippen LogP contribution in [0.2, 0.25) is 0 Å². The van der Waals surface area contributed by atoms with Gasteiger partial charge < -0.3 is 9.64 Å². The molecule has 0 aromatic heterocycles. The second kappa shape index (κ2) is 7.97. The molecule has 1 saturated heterocycles. The fourth-order valence-electron chi connectivity index (χ4n) is 2.71. The fraction of sp³-hybridized carbons (Fsp3) is 0.529. The van der Waals surface area contributed by atoms with E-state index >= 15 is 0 Å². The van der Waals surface area contributed by atoms with E-state index in [1.54, 1.807) is 17.0 Å². The number of piperidine rings is 1. The lowest BCUT2D eigenvalue weighted by molar-refractivity contribution is -0.152. The van der Waals surface area contributed by atoms with Crippen LogP contribution in [0.1, 0.15) is 25.3 Å². The van der Waals surface area contributed by atoms with Crippen LogP contribution in [0.25, 0.3) is 0 Å². The molecule has 8 heteroatoms. The molecule has 0 saturated carbocycles. The standard InChI is InChI=1S/C17H24N2O5S/c1-13(20)19-9-7-15(8-10-19)17(21)24-12-14-5-4-6-16(11-14)25(22,23)18(2)3/h4-6,11,15H,7-10,12H2,1-3H3. The molecule has 7 nitrogen and oxygen atoms in total. The maximum absolute atomic E-state index is 12.2. The van der Waals surface area contributed by atoms with Gasteiger partial charge in [-0.05, 0) is 30.5 Å². The van der Waals surface area contributed by atoms with Gasteiger partial charge in [0.15, 0.2) is 0 Å². The fourth-order valence-corrected chi connectivity index (χ4v) is 3.68. The minimum absolute atomic E-state index is 0.0192. The molecular formula is C17H24N2O5S. The number of likely N-dealkylation sites (tertiary alicyclic amines) is 1. The first kappa shape index (κ1) is 19.4. The molecule has 0 aliphatic carbocycles. The minimum Gasteiger partial charge on any atom is -0.461 e. The van der Waals surface area contributed by atoms with E-state index < -0.39 is 10.0 Å². The summed E-state index contributed by atoms with van der Waals surface area (Å²) in [5.74, 6) is -0.501. The van der Waals surface area contributed by atoms with Gasteiger partial charge in [0.05, 0.1) is 10.8 Å². The lowest BCUT2D eigenvalue weighted by Crippen LogP contribution is -2.39. The zero-order valence-corrected chi connectivity index (χ0v) is 15.6. The summed E-state index contributed by atoms with van der Waals surface area (Å²) in [6, 6.07) is 6.38. The summed E-state index contributed by atoms with van der Waals surface area (Å²) in [6.07, 6.45) is 1.18. The van der Waals surface area contributed by atoms with Gasteiger partial charge in [-0.15, -0.1) is 0 Å². The largest absolute Gasteiger partial charge is 0.461 e. The van der Waals surface area contributed by atoms with Gasteiger partial charge in [-0.2, -0.15) is 0 Å². The van der Waals surface area contributed by atoms with Crippen LogP contribution in [-0.2, 0) is 31.0 Å². The summed E-state index contributed by atoms with van der Waals surface area (Å²) >= 11 is 0. The molecule has 1 aromatic carbocycles. The van der Waals surface area contributed by atoms with Crippen LogP contribution in [0, 0.1) is 5.92 Å². The Bertz CT molecular complexity index is 737. The summed E-state index contributed by atoms with van der Waals surface area (Å²) in [5.41, 5.74) is 0.623. The average molecular weight is 368 g/mol. The molecular weight excluding hydrogens is 344 g/mol. The van der Waals surface area contributed by atoms with Crippen molar-refractivity contribution in [3.8, 4) is 0 Å². The van der Waals surface area contributed by atoms with Gasteiger partial charge in [-0.25, -0.2) is 12.7 Å². The SMILES string of the molecule is CC(=O)N1CCC(C(=O)OCc2cccc(S(=O)(=O)N(C)C)c2)CC1. The molecule has 1 aliphatic rings. The Morgan fingerprint density at radius 2 is 1.88 bits per heavy atom. The first-order chi connectivity index (χ1) is 11.7. The Kier molecular flexibility index (Phi) is 6.18. The number of sulfonamides is 1. The van der Waals surface area contributed by atoms with Crippen LogP contribution in [0.5, 0.6) is 0 Å². The molecule has 0 bridgehead atoms. The number of hydrogen-bond donors (Lipinski definition) is 0. The molecule has 0 unspecified atom stereocenters. The van der Waals surface area contributed by atoms with Crippen molar-refractivity contribution in [1.29, 1.82) is 0 Å². The van der Waals surface area contributed by atoms with Crippen LogP contribution < -0.4 is 0 Å². The minimum atomic E-state index is -3.52. The van der Waals surface area contributed by atoms with Gasteiger partial charge in [-0.3, -0.25) is 9.59 Å². The van der Waals surface area contributed by atoms with Crippen LogP contribution >= 0.6 is 0 Å². The number of rotatable bonds is 5. The summed E-state index contributed by atoms with van der Waals surface area (Å²) in [6.45, 7) is 2.67. The number of ether oxygens (including phenoxy) is 1. The zero-order valence-electron chi connectivity index (χ0n) is 14.8. The van der Waals surface area contributed by atoms with Crippen molar-refractivity contribution in [2.45, 2.75) is 31.3 Å². The average Bonchev–Trinajstić information content (AvgIpc) is 2.59. The molecule has 0 spiro atoms. The highest BCUT2D eigenvalue weighted by Gasteiger charge is 2.27. The number of esters is 1. The van der Waals surface area contributed by atoms with E-state index in [1.807, 2.05) is 0 Å². The Hall–Kier alpha value is -1.93. The third-order valence-corrected chi connectivity index (χ3v) is 6.14. The first-order valence-electron chi connectivity index (χ1n) is 8.15. The first-order valence-corrected chi connectivity index (χ1v) is 9.59. The quantitative estimate of drug-likeness (QED) is 0.730. The monoisotopic (exact) mass is 368 g/mol. The number of carbonyl (C=O) groups excluding carboxylic acids is 2. The van der Waals surface area contributed by atoms with Gasteiger partial charge in [0, 0.05) is 34.1 Å². The molecule has 0 radical (unpaired) electrons. The Balaban J connectivity index is 1.94. The maximum Gasteiger partial charge on any atom is 0.309 e. The zero-order chi connectivity index (χ0) is 18.6. The highest BCUT2D eigenvalue weighted by atomic mass is 32.2. The third-order valence-electron chi connectivity index (χ3n) is 4.33. The summed E-state index contributed by atoms with van der Waals surface area (Å²) in [7, 11) is -0.582. The molecule has 1 fully saturated rings. The van der Waals surface area contributed by atoms with Crippen molar-refractivity contribution in [2.75, 3.05) is 27.2 Å². The molecule has 138 valence electrons. The van der Waals surface area contributed by atoms with Crippen molar-refractivity contribution in [2.24, 2.45) is 5.92 Å². The molecule has 0 N–H and O–H groups in total. The van der Waals surface area contributed by atoms with Crippen LogP contribution in [0.15, 0.2) is 29.2 Å². The Morgan fingerprint density at radius 3 is 2.44 bits per heavy atom. The molecule has 2 rings (SSSR count). The molecule has 1 aliphatic heterocycles.